The van der Waals surface area contributed by atoms with E-state index < -0.39 is 0 Å². The van der Waals surface area contributed by atoms with Crippen molar-refractivity contribution in [3.05, 3.63) is 58.3 Å². The first-order chi connectivity index (χ1) is 13.2. The average Bonchev–Trinajstić information content (AvgIpc) is 3.37. The van der Waals surface area contributed by atoms with E-state index >= 15 is 0 Å². The molecular weight excluding hydrogens is 448 g/mol. The summed E-state index contributed by atoms with van der Waals surface area (Å²) in [6, 6.07) is 9.59. The molecule has 0 bridgehead atoms. The first-order valence-electron chi connectivity index (χ1n) is 7.88. The molecule has 0 atom stereocenters. The fourth-order valence-corrected chi connectivity index (χ4v) is 4.32. The van der Waals surface area contributed by atoms with Gasteiger partial charge in [-0.15, -0.1) is 21.5 Å². The van der Waals surface area contributed by atoms with Gasteiger partial charge < -0.3 is 9.15 Å². The SMILES string of the molecule is COc1ccc(Br)cc1-c1nc(CSc2nnc(-c3cccnc3)o2)cs1. The summed E-state index contributed by atoms with van der Waals surface area (Å²) in [4.78, 5) is 8.77. The van der Waals surface area contributed by atoms with Crippen molar-refractivity contribution >= 4 is 39.0 Å². The minimum Gasteiger partial charge on any atom is -0.496 e. The van der Waals surface area contributed by atoms with Crippen molar-refractivity contribution in [2.24, 2.45) is 0 Å². The zero-order chi connectivity index (χ0) is 18.6. The van der Waals surface area contributed by atoms with Crippen LogP contribution < -0.4 is 4.74 Å². The highest BCUT2D eigenvalue weighted by atomic mass is 79.9. The zero-order valence-corrected chi connectivity index (χ0v) is 17.3. The Kier molecular flexibility index (Phi) is 5.51. The summed E-state index contributed by atoms with van der Waals surface area (Å²) < 4.78 is 12.1. The van der Waals surface area contributed by atoms with Gasteiger partial charge in [-0.25, -0.2) is 4.98 Å². The lowest BCUT2D eigenvalue weighted by Gasteiger charge is -2.06. The number of nitrogens with zero attached hydrogens (tertiary/aromatic N) is 4. The number of thiazole rings is 1. The molecule has 0 spiro atoms. The maximum atomic E-state index is 5.69. The van der Waals surface area contributed by atoms with E-state index in [4.69, 9.17) is 14.1 Å². The molecule has 0 saturated heterocycles. The van der Waals surface area contributed by atoms with E-state index in [9.17, 15) is 0 Å². The summed E-state index contributed by atoms with van der Waals surface area (Å²) in [5, 5.41) is 11.6. The van der Waals surface area contributed by atoms with Gasteiger partial charge in [0.2, 0.25) is 5.89 Å². The Morgan fingerprint density at radius 3 is 3.00 bits per heavy atom. The third-order valence-electron chi connectivity index (χ3n) is 3.60. The third kappa shape index (κ3) is 4.20. The average molecular weight is 461 g/mol. The van der Waals surface area contributed by atoms with Crippen molar-refractivity contribution in [1.82, 2.24) is 20.2 Å². The number of benzene rings is 1. The molecule has 0 radical (unpaired) electrons. The Labute approximate surface area is 172 Å². The van der Waals surface area contributed by atoms with Crippen molar-refractivity contribution in [3.63, 3.8) is 0 Å². The van der Waals surface area contributed by atoms with E-state index in [0.717, 1.165) is 32.1 Å². The first kappa shape index (κ1) is 18.1. The number of aromatic nitrogens is 4. The van der Waals surface area contributed by atoms with Crippen LogP contribution in [0.3, 0.4) is 0 Å². The van der Waals surface area contributed by atoms with E-state index in [2.05, 4.69) is 31.1 Å². The standard InChI is InChI=1S/C18H13BrN4O2S2/c1-24-15-5-4-12(19)7-14(15)17-21-13(9-26-17)10-27-18-23-22-16(25-18)11-3-2-6-20-8-11/h2-9H,10H2,1H3. The van der Waals surface area contributed by atoms with E-state index in [0.29, 0.717) is 16.9 Å². The van der Waals surface area contributed by atoms with Crippen LogP contribution in [-0.4, -0.2) is 27.3 Å². The maximum absolute atomic E-state index is 5.69. The Morgan fingerprint density at radius 2 is 2.19 bits per heavy atom. The van der Waals surface area contributed by atoms with E-state index in [1.54, 1.807) is 30.8 Å². The predicted molar refractivity (Wildman–Crippen MR) is 109 cm³/mol. The van der Waals surface area contributed by atoms with Gasteiger partial charge in [-0.1, -0.05) is 27.7 Å². The molecule has 27 heavy (non-hydrogen) atoms. The van der Waals surface area contributed by atoms with Crippen LogP contribution in [0.15, 0.2) is 62.2 Å². The molecule has 0 aliphatic carbocycles. The number of pyridine rings is 1. The Balaban J connectivity index is 1.46. The molecular formula is C18H13BrN4O2S2. The van der Waals surface area contributed by atoms with E-state index in [-0.39, 0.29) is 0 Å². The first-order valence-corrected chi connectivity index (χ1v) is 10.5. The molecule has 9 heteroatoms. The quantitative estimate of drug-likeness (QED) is 0.360. The minimum atomic E-state index is 0.462. The molecule has 3 heterocycles. The van der Waals surface area contributed by atoms with E-state index in [1.807, 2.05) is 35.7 Å². The largest absolute Gasteiger partial charge is 0.496 e. The summed E-state index contributed by atoms with van der Waals surface area (Å²) in [6.07, 6.45) is 3.40. The second kappa shape index (κ2) is 8.20. The monoisotopic (exact) mass is 460 g/mol. The van der Waals surface area contributed by atoms with Crippen LogP contribution in [-0.2, 0) is 5.75 Å². The fourth-order valence-electron chi connectivity index (χ4n) is 2.35. The Hall–Kier alpha value is -2.23. The summed E-state index contributed by atoms with van der Waals surface area (Å²) in [6.45, 7) is 0. The van der Waals surface area contributed by atoms with Crippen LogP contribution in [0.2, 0.25) is 0 Å². The molecule has 136 valence electrons. The smallest absolute Gasteiger partial charge is 0.277 e. The second-order valence-corrected chi connectivity index (χ2v) is 8.09. The highest BCUT2D eigenvalue weighted by molar-refractivity contribution is 9.10. The number of rotatable bonds is 6. The van der Waals surface area contributed by atoms with Gasteiger partial charge in [-0.3, -0.25) is 4.98 Å². The van der Waals surface area contributed by atoms with Crippen LogP contribution >= 0.6 is 39.0 Å². The van der Waals surface area contributed by atoms with Crippen molar-refractivity contribution in [1.29, 1.82) is 0 Å². The van der Waals surface area contributed by atoms with Crippen molar-refractivity contribution in [3.8, 4) is 27.8 Å². The van der Waals surface area contributed by atoms with Crippen molar-refractivity contribution < 1.29 is 9.15 Å². The summed E-state index contributed by atoms with van der Waals surface area (Å²) >= 11 is 6.53. The molecule has 4 aromatic rings. The normalized spacial score (nSPS) is 10.9. The lowest BCUT2D eigenvalue weighted by molar-refractivity contribution is 0.416. The molecule has 0 unspecified atom stereocenters. The molecule has 0 aliphatic heterocycles. The molecule has 3 aromatic heterocycles. The summed E-state index contributed by atoms with van der Waals surface area (Å²) in [5.74, 6) is 1.90. The Morgan fingerprint density at radius 1 is 1.26 bits per heavy atom. The highest BCUT2D eigenvalue weighted by Crippen LogP contribution is 2.35. The molecule has 0 saturated carbocycles. The molecule has 0 amide bonds. The van der Waals surface area contributed by atoms with Gasteiger partial charge in [0.1, 0.15) is 10.8 Å². The van der Waals surface area contributed by atoms with Gasteiger partial charge in [0.05, 0.1) is 23.9 Å². The van der Waals surface area contributed by atoms with Crippen LogP contribution in [0.25, 0.3) is 22.0 Å². The van der Waals surface area contributed by atoms with E-state index in [1.165, 1.54) is 11.8 Å². The maximum Gasteiger partial charge on any atom is 0.277 e. The fraction of sp³-hybridized carbons (Fsp3) is 0.111. The molecule has 1 aromatic carbocycles. The number of thioether (sulfide) groups is 1. The van der Waals surface area contributed by atoms with Gasteiger partial charge in [-0.2, -0.15) is 0 Å². The van der Waals surface area contributed by atoms with Crippen LogP contribution in [0.5, 0.6) is 5.75 Å². The molecule has 0 fully saturated rings. The predicted octanol–water partition coefficient (Wildman–Crippen LogP) is 5.32. The van der Waals surface area contributed by atoms with Gasteiger partial charge in [0.15, 0.2) is 0 Å². The topological polar surface area (TPSA) is 73.9 Å². The van der Waals surface area contributed by atoms with Crippen LogP contribution in [0.1, 0.15) is 5.69 Å². The molecule has 4 rings (SSSR count). The highest BCUT2D eigenvalue weighted by Gasteiger charge is 2.13. The third-order valence-corrected chi connectivity index (χ3v) is 5.87. The number of hydrogen-bond donors (Lipinski definition) is 0. The molecule has 6 nitrogen and oxygen atoms in total. The van der Waals surface area contributed by atoms with Crippen molar-refractivity contribution in [2.75, 3.05) is 7.11 Å². The molecule has 0 N–H and O–H groups in total. The lowest BCUT2D eigenvalue weighted by atomic mass is 10.2. The number of methoxy groups -OCH3 is 1. The van der Waals surface area contributed by atoms with Crippen molar-refractivity contribution in [2.45, 2.75) is 11.0 Å². The van der Waals surface area contributed by atoms with Crippen LogP contribution in [0, 0.1) is 0 Å². The Bertz CT molecular complexity index is 1050. The van der Waals surface area contributed by atoms with Gasteiger partial charge in [0, 0.05) is 28.0 Å². The van der Waals surface area contributed by atoms with Crippen LogP contribution in [0.4, 0.5) is 0 Å². The van der Waals surface area contributed by atoms with Gasteiger partial charge in [-0.05, 0) is 30.3 Å². The summed E-state index contributed by atoms with van der Waals surface area (Å²) in [7, 11) is 1.66. The van der Waals surface area contributed by atoms with Gasteiger partial charge in [0.25, 0.3) is 5.22 Å². The number of ether oxygens (including phenoxy) is 1. The van der Waals surface area contributed by atoms with Gasteiger partial charge >= 0.3 is 0 Å². The number of halogens is 1. The summed E-state index contributed by atoms with van der Waals surface area (Å²) in [5.41, 5.74) is 2.71. The molecule has 0 aliphatic rings. The minimum absolute atomic E-state index is 0.462. The second-order valence-electron chi connectivity index (χ2n) is 5.39. The number of hydrogen-bond acceptors (Lipinski definition) is 8. The zero-order valence-electron chi connectivity index (χ0n) is 14.1. The lowest BCUT2D eigenvalue weighted by Crippen LogP contribution is -1.88.